The quantitative estimate of drug-likeness (QED) is 0.522. The monoisotopic (exact) mass is 406 g/mol. The van der Waals surface area contributed by atoms with Gasteiger partial charge in [-0.3, -0.25) is 5.10 Å². The van der Waals surface area contributed by atoms with Gasteiger partial charge in [0.1, 0.15) is 5.69 Å². The number of aromatic nitrogens is 4. The number of rotatable bonds is 4. The van der Waals surface area contributed by atoms with Crippen molar-refractivity contribution in [2.45, 2.75) is 18.3 Å². The van der Waals surface area contributed by atoms with E-state index in [0.29, 0.717) is 35.7 Å². The van der Waals surface area contributed by atoms with Crippen molar-refractivity contribution in [1.29, 1.82) is 0 Å². The van der Waals surface area contributed by atoms with Crippen molar-refractivity contribution in [2.24, 2.45) is 0 Å². The Bertz CT molecular complexity index is 1120. The normalized spacial score (nSPS) is 16.0. The van der Waals surface area contributed by atoms with Crippen LogP contribution in [0.4, 0.5) is 0 Å². The summed E-state index contributed by atoms with van der Waals surface area (Å²) in [6, 6.07) is 19.7. The summed E-state index contributed by atoms with van der Waals surface area (Å²) < 4.78 is 11.8. The molecule has 2 aromatic heterocycles. The maximum atomic E-state index is 6.26. The van der Waals surface area contributed by atoms with Gasteiger partial charge in [0, 0.05) is 23.8 Å². The van der Waals surface area contributed by atoms with Crippen LogP contribution in [-0.2, 0) is 10.2 Å². The number of aromatic amines is 1. The summed E-state index contributed by atoms with van der Waals surface area (Å²) in [7, 11) is 0. The molecule has 5 rings (SSSR count). The van der Waals surface area contributed by atoms with E-state index in [4.69, 9.17) is 20.8 Å². The molecule has 1 aliphatic heterocycles. The molecule has 0 saturated carbocycles. The van der Waals surface area contributed by atoms with Gasteiger partial charge in [0.05, 0.1) is 11.1 Å². The van der Waals surface area contributed by atoms with E-state index in [1.165, 1.54) is 0 Å². The van der Waals surface area contributed by atoms with Gasteiger partial charge in [-0.05, 0) is 36.6 Å². The highest BCUT2D eigenvalue weighted by Gasteiger charge is 2.41. The van der Waals surface area contributed by atoms with Gasteiger partial charge in [-0.15, -0.1) is 10.2 Å². The van der Waals surface area contributed by atoms with E-state index in [-0.39, 0.29) is 0 Å². The van der Waals surface area contributed by atoms with Gasteiger partial charge in [0.15, 0.2) is 0 Å². The molecule has 0 radical (unpaired) electrons. The Kier molecular flexibility index (Phi) is 4.66. The average Bonchev–Trinajstić information content (AvgIpc) is 3.45. The molecule has 146 valence electrons. The van der Waals surface area contributed by atoms with E-state index in [0.717, 1.165) is 29.7 Å². The van der Waals surface area contributed by atoms with Crippen LogP contribution in [0.3, 0.4) is 0 Å². The van der Waals surface area contributed by atoms with Crippen LogP contribution in [-0.4, -0.2) is 33.6 Å². The van der Waals surface area contributed by atoms with Crippen molar-refractivity contribution in [3.8, 4) is 22.8 Å². The fourth-order valence-corrected chi connectivity index (χ4v) is 4.04. The minimum Gasteiger partial charge on any atom is -0.418 e. The molecule has 7 heteroatoms. The molecule has 0 unspecified atom stereocenters. The van der Waals surface area contributed by atoms with Crippen LogP contribution < -0.4 is 0 Å². The van der Waals surface area contributed by atoms with Crippen molar-refractivity contribution in [3.63, 3.8) is 0 Å². The van der Waals surface area contributed by atoms with E-state index in [1.807, 2.05) is 54.6 Å². The third kappa shape index (κ3) is 3.34. The maximum absolute atomic E-state index is 6.26. The maximum Gasteiger partial charge on any atom is 0.265 e. The van der Waals surface area contributed by atoms with Crippen molar-refractivity contribution < 1.29 is 9.15 Å². The van der Waals surface area contributed by atoms with E-state index < -0.39 is 5.41 Å². The first-order valence-electron chi connectivity index (χ1n) is 9.54. The molecule has 3 heterocycles. The predicted octanol–water partition coefficient (Wildman–Crippen LogP) is 4.88. The molecule has 1 aliphatic rings. The number of H-pyrrole nitrogens is 1. The summed E-state index contributed by atoms with van der Waals surface area (Å²) >= 11 is 6.26. The molecule has 0 bridgehead atoms. The van der Waals surface area contributed by atoms with Gasteiger partial charge < -0.3 is 9.15 Å². The molecule has 1 fully saturated rings. The first kappa shape index (κ1) is 18.1. The predicted molar refractivity (Wildman–Crippen MR) is 110 cm³/mol. The molecule has 1 N–H and O–H groups in total. The zero-order valence-electron chi connectivity index (χ0n) is 15.6. The lowest BCUT2D eigenvalue weighted by molar-refractivity contribution is 0.0546. The Morgan fingerprint density at radius 1 is 0.931 bits per heavy atom. The zero-order chi connectivity index (χ0) is 19.7. The van der Waals surface area contributed by atoms with E-state index in [1.54, 1.807) is 0 Å². The number of halogens is 1. The molecule has 4 aromatic rings. The van der Waals surface area contributed by atoms with Gasteiger partial charge in [0.25, 0.3) is 5.89 Å². The topological polar surface area (TPSA) is 76.8 Å². The lowest BCUT2D eigenvalue weighted by Crippen LogP contribution is -2.35. The van der Waals surface area contributed by atoms with Gasteiger partial charge in [-0.2, -0.15) is 5.10 Å². The van der Waals surface area contributed by atoms with Crippen molar-refractivity contribution >= 4 is 11.6 Å². The van der Waals surface area contributed by atoms with Crippen molar-refractivity contribution in [3.05, 3.63) is 77.1 Å². The van der Waals surface area contributed by atoms with Crippen LogP contribution in [0.15, 0.2) is 65.1 Å². The molecule has 6 nitrogen and oxygen atoms in total. The van der Waals surface area contributed by atoms with Crippen LogP contribution in [0.5, 0.6) is 0 Å². The Morgan fingerprint density at radius 2 is 1.76 bits per heavy atom. The van der Waals surface area contributed by atoms with E-state index in [9.17, 15) is 0 Å². The summed E-state index contributed by atoms with van der Waals surface area (Å²) in [5.74, 6) is 0.997. The molecular formula is C22H19ClN4O2. The molecule has 29 heavy (non-hydrogen) atoms. The lowest BCUT2D eigenvalue weighted by atomic mass is 9.74. The lowest BCUT2D eigenvalue weighted by Gasteiger charge is -2.34. The largest absolute Gasteiger partial charge is 0.418 e. The zero-order valence-corrected chi connectivity index (χ0v) is 16.4. The molecule has 0 atom stereocenters. The average molecular weight is 407 g/mol. The van der Waals surface area contributed by atoms with Crippen LogP contribution in [0.25, 0.3) is 22.8 Å². The number of ether oxygens (including phenoxy) is 1. The second-order valence-corrected chi connectivity index (χ2v) is 7.59. The van der Waals surface area contributed by atoms with Gasteiger partial charge in [-0.1, -0.05) is 54.1 Å². The van der Waals surface area contributed by atoms with E-state index in [2.05, 4.69) is 26.5 Å². The highest BCUT2D eigenvalue weighted by Crippen LogP contribution is 2.42. The van der Waals surface area contributed by atoms with Crippen LogP contribution in [0, 0.1) is 0 Å². The Balaban J connectivity index is 1.52. The first-order valence-corrected chi connectivity index (χ1v) is 9.91. The Hall–Kier alpha value is -2.96. The Morgan fingerprint density at radius 3 is 2.55 bits per heavy atom. The van der Waals surface area contributed by atoms with Gasteiger partial charge in [0.2, 0.25) is 5.89 Å². The molecule has 1 saturated heterocycles. The SMILES string of the molecule is Clc1cccc(C2(c3nnc(-c4cc(-c5ccccc5)n[nH]4)o3)CCOCC2)c1. The minimum absolute atomic E-state index is 0.406. The molecule has 0 aliphatic carbocycles. The highest BCUT2D eigenvalue weighted by atomic mass is 35.5. The summed E-state index contributed by atoms with van der Waals surface area (Å²) in [4.78, 5) is 0. The number of hydrogen-bond donors (Lipinski definition) is 1. The number of nitrogens with zero attached hydrogens (tertiary/aromatic N) is 3. The highest BCUT2D eigenvalue weighted by molar-refractivity contribution is 6.30. The van der Waals surface area contributed by atoms with Gasteiger partial charge >= 0.3 is 0 Å². The van der Waals surface area contributed by atoms with Crippen LogP contribution in [0.2, 0.25) is 5.02 Å². The van der Waals surface area contributed by atoms with Crippen LogP contribution in [0.1, 0.15) is 24.3 Å². The second kappa shape index (κ2) is 7.46. The van der Waals surface area contributed by atoms with Crippen molar-refractivity contribution in [2.75, 3.05) is 13.2 Å². The number of benzene rings is 2. The fraction of sp³-hybridized carbons (Fsp3) is 0.227. The summed E-state index contributed by atoms with van der Waals surface area (Å²) in [6.45, 7) is 1.26. The molecule has 0 spiro atoms. The number of hydrogen-bond acceptors (Lipinski definition) is 5. The second-order valence-electron chi connectivity index (χ2n) is 7.15. The summed E-state index contributed by atoms with van der Waals surface area (Å²) in [6.07, 6.45) is 1.51. The van der Waals surface area contributed by atoms with Crippen molar-refractivity contribution in [1.82, 2.24) is 20.4 Å². The standard InChI is InChI=1S/C22H19ClN4O2/c23-17-8-4-7-16(13-17)22(9-11-28-12-10-22)21-27-26-20(29-21)19-14-18(24-25-19)15-5-2-1-3-6-15/h1-8,13-14H,9-12H2,(H,24,25). The van der Waals surface area contributed by atoms with E-state index >= 15 is 0 Å². The smallest absolute Gasteiger partial charge is 0.265 e. The molecule has 2 aromatic carbocycles. The summed E-state index contributed by atoms with van der Waals surface area (Å²) in [5.41, 5.74) is 3.20. The molecular weight excluding hydrogens is 388 g/mol. The van der Waals surface area contributed by atoms with Crippen LogP contribution >= 0.6 is 11.6 Å². The van der Waals surface area contributed by atoms with Gasteiger partial charge in [-0.25, -0.2) is 0 Å². The molecule has 0 amide bonds. The Labute approximate surface area is 172 Å². The summed E-state index contributed by atoms with van der Waals surface area (Å²) in [5, 5.41) is 16.8. The third-order valence-corrected chi connectivity index (χ3v) is 5.67. The fourth-order valence-electron chi connectivity index (χ4n) is 3.85. The number of nitrogens with one attached hydrogen (secondary N) is 1. The third-order valence-electron chi connectivity index (χ3n) is 5.44. The minimum atomic E-state index is -0.406. The first-order chi connectivity index (χ1) is 14.2.